The lowest BCUT2D eigenvalue weighted by molar-refractivity contribution is -0.151. The number of phenolic OH excluding ortho intramolecular Hbond substituents is 1. The van der Waals surface area contributed by atoms with E-state index < -0.39 is 12.1 Å². The molecule has 0 aliphatic carbocycles. The minimum absolute atomic E-state index is 0.0586. The van der Waals surface area contributed by atoms with Crippen LogP contribution in [-0.4, -0.2) is 38.7 Å². The van der Waals surface area contributed by atoms with Crippen molar-refractivity contribution in [2.45, 2.75) is 58.5 Å². The molecule has 4 aromatic rings. The van der Waals surface area contributed by atoms with E-state index in [1.54, 1.807) is 19.1 Å². The minimum Gasteiger partial charge on any atom is -0.507 e. The van der Waals surface area contributed by atoms with Crippen molar-refractivity contribution in [1.29, 1.82) is 0 Å². The molecule has 0 fully saturated rings. The van der Waals surface area contributed by atoms with Crippen LogP contribution in [0.2, 0.25) is 0 Å². The summed E-state index contributed by atoms with van der Waals surface area (Å²) in [4.78, 5) is 25.4. The van der Waals surface area contributed by atoms with E-state index in [4.69, 9.17) is 9.47 Å². The molecule has 1 aromatic heterocycles. The first kappa shape index (κ1) is 27.8. The van der Waals surface area contributed by atoms with Crippen LogP contribution in [0.1, 0.15) is 52.4 Å². The molecule has 39 heavy (non-hydrogen) atoms. The highest BCUT2D eigenvalue weighted by Crippen LogP contribution is 2.32. The first-order valence-electron chi connectivity index (χ1n) is 13.6. The van der Waals surface area contributed by atoms with Gasteiger partial charge in [0.25, 0.3) is 0 Å². The van der Waals surface area contributed by atoms with Crippen LogP contribution in [0.4, 0.5) is 0 Å². The predicted octanol–water partition coefficient (Wildman–Crippen LogP) is 7.25. The van der Waals surface area contributed by atoms with Crippen LogP contribution in [0.25, 0.3) is 33.9 Å². The molecule has 0 radical (unpaired) electrons. The second kappa shape index (κ2) is 14.0. The van der Waals surface area contributed by atoms with Crippen molar-refractivity contribution in [2.75, 3.05) is 6.61 Å². The number of esters is 1. The molecule has 0 saturated carbocycles. The highest BCUT2D eigenvalue weighted by atomic mass is 16.6. The zero-order valence-corrected chi connectivity index (χ0v) is 22.5. The van der Waals surface area contributed by atoms with Crippen LogP contribution in [0.15, 0.2) is 79.1 Å². The molecule has 4 rings (SSSR count). The first-order chi connectivity index (χ1) is 19.0. The van der Waals surface area contributed by atoms with E-state index in [2.05, 4.69) is 34.0 Å². The highest BCUT2D eigenvalue weighted by molar-refractivity contribution is 5.75. The molecule has 7 heteroatoms. The number of nitrogens with zero attached hydrogens (tertiary/aromatic N) is 3. The number of ether oxygens (including phenoxy) is 2. The molecule has 202 valence electrons. The third kappa shape index (κ3) is 7.87. The Labute approximate surface area is 229 Å². The Morgan fingerprint density at radius 3 is 2.23 bits per heavy atom. The molecule has 0 aliphatic heterocycles. The summed E-state index contributed by atoms with van der Waals surface area (Å²) < 4.78 is 11.1. The zero-order chi connectivity index (χ0) is 27.5. The van der Waals surface area contributed by atoms with Crippen molar-refractivity contribution in [1.82, 2.24) is 15.0 Å². The van der Waals surface area contributed by atoms with E-state index in [0.29, 0.717) is 29.6 Å². The summed E-state index contributed by atoms with van der Waals surface area (Å²) in [6.45, 7) is 4.21. The molecule has 1 atom stereocenters. The predicted molar refractivity (Wildman–Crippen MR) is 152 cm³/mol. The van der Waals surface area contributed by atoms with E-state index in [0.717, 1.165) is 36.0 Å². The van der Waals surface area contributed by atoms with Crippen LogP contribution < -0.4 is 4.74 Å². The molecule has 1 N–H and O–H groups in total. The van der Waals surface area contributed by atoms with E-state index in [-0.39, 0.29) is 5.75 Å². The third-order valence-electron chi connectivity index (χ3n) is 6.42. The average Bonchev–Trinajstić information content (AvgIpc) is 2.97. The normalized spacial score (nSPS) is 11.6. The molecule has 0 spiro atoms. The van der Waals surface area contributed by atoms with Crippen molar-refractivity contribution in [2.24, 2.45) is 0 Å². The van der Waals surface area contributed by atoms with Gasteiger partial charge in [0, 0.05) is 11.6 Å². The number of benzene rings is 3. The number of hydrogen-bond acceptors (Lipinski definition) is 7. The molecule has 1 unspecified atom stereocenters. The van der Waals surface area contributed by atoms with Crippen LogP contribution in [0.5, 0.6) is 11.5 Å². The molecule has 7 nitrogen and oxygen atoms in total. The topological polar surface area (TPSA) is 94.4 Å². The van der Waals surface area contributed by atoms with Crippen molar-refractivity contribution < 1.29 is 19.4 Å². The Kier molecular flexibility index (Phi) is 10.0. The Balaban J connectivity index is 1.36. The van der Waals surface area contributed by atoms with Gasteiger partial charge in [0.1, 0.15) is 17.8 Å². The SMILES string of the molecule is CCCCCCCCOC(=O)C(C)Oc1ccc(-c2ncnc(-c3ccc(-c4ccccc4)cc3)n2)c(O)c1. The van der Waals surface area contributed by atoms with Gasteiger partial charge in [0.2, 0.25) is 0 Å². The van der Waals surface area contributed by atoms with Crippen LogP contribution in [0, 0.1) is 0 Å². The summed E-state index contributed by atoms with van der Waals surface area (Å²) in [6.07, 6.45) is 7.36. The van der Waals surface area contributed by atoms with Gasteiger partial charge >= 0.3 is 5.97 Å². The number of unbranched alkanes of at least 4 members (excludes halogenated alkanes) is 5. The molecule has 0 bridgehead atoms. The van der Waals surface area contributed by atoms with Gasteiger partial charge in [-0.2, -0.15) is 0 Å². The zero-order valence-electron chi connectivity index (χ0n) is 22.5. The first-order valence-corrected chi connectivity index (χ1v) is 13.6. The fourth-order valence-corrected chi connectivity index (χ4v) is 4.21. The molecule has 1 heterocycles. The number of aromatic nitrogens is 3. The number of phenols is 1. The maximum Gasteiger partial charge on any atom is 0.347 e. The molecule has 0 amide bonds. The fraction of sp³-hybridized carbons (Fsp3) is 0.312. The maximum absolute atomic E-state index is 12.3. The smallest absolute Gasteiger partial charge is 0.347 e. The van der Waals surface area contributed by atoms with Gasteiger partial charge in [-0.1, -0.05) is 93.6 Å². The van der Waals surface area contributed by atoms with Gasteiger partial charge in [0.05, 0.1) is 12.2 Å². The number of carbonyl (C=O) groups is 1. The van der Waals surface area contributed by atoms with E-state index >= 15 is 0 Å². The standard InChI is InChI=1S/C32H35N3O4/c1-3-4-5-6-7-11-20-38-32(37)23(2)39-27-18-19-28(29(36)21-27)31-34-22-33-30(35-31)26-16-14-25(15-17-26)24-12-9-8-10-13-24/h8-10,12-19,21-23,36H,3-7,11,20H2,1-2H3. The van der Waals surface area contributed by atoms with Crippen LogP contribution in [-0.2, 0) is 9.53 Å². The summed E-state index contributed by atoms with van der Waals surface area (Å²) in [7, 11) is 0. The Morgan fingerprint density at radius 2 is 1.49 bits per heavy atom. The monoisotopic (exact) mass is 525 g/mol. The molecule has 3 aromatic carbocycles. The van der Waals surface area contributed by atoms with Gasteiger partial charge in [0.15, 0.2) is 17.8 Å². The molecular weight excluding hydrogens is 490 g/mol. The molecular formula is C32H35N3O4. The third-order valence-corrected chi connectivity index (χ3v) is 6.42. The van der Waals surface area contributed by atoms with Gasteiger partial charge < -0.3 is 14.6 Å². The molecule has 0 saturated heterocycles. The summed E-state index contributed by atoms with van der Waals surface area (Å²) in [5.41, 5.74) is 3.51. The number of carbonyl (C=O) groups excluding carboxylic acids is 1. The number of rotatable bonds is 13. The van der Waals surface area contributed by atoms with Gasteiger partial charge in [-0.05, 0) is 36.6 Å². The van der Waals surface area contributed by atoms with E-state index in [1.807, 2.05) is 42.5 Å². The second-order valence-electron chi connectivity index (χ2n) is 9.45. The Morgan fingerprint density at radius 1 is 0.821 bits per heavy atom. The number of aromatic hydroxyl groups is 1. The van der Waals surface area contributed by atoms with E-state index in [1.165, 1.54) is 31.7 Å². The van der Waals surface area contributed by atoms with E-state index in [9.17, 15) is 9.90 Å². The second-order valence-corrected chi connectivity index (χ2v) is 9.45. The van der Waals surface area contributed by atoms with Crippen LogP contribution in [0.3, 0.4) is 0 Å². The quantitative estimate of drug-likeness (QED) is 0.145. The van der Waals surface area contributed by atoms with Gasteiger partial charge in [-0.25, -0.2) is 19.7 Å². The number of hydrogen-bond donors (Lipinski definition) is 1. The molecule has 0 aliphatic rings. The van der Waals surface area contributed by atoms with Crippen molar-refractivity contribution in [3.63, 3.8) is 0 Å². The summed E-state index contributed by atoms with van der Waals surface area (Å²) >= 11 is 0. The largest absolute Gasteiger partial charge is 0.507 e. The maximum atomic E-state index is 12.3. The van der Waals surface area contributed by atoms with Crippen molar-refractivity contribution >= 4 is 5.97 Å². The van der Waals surface area contributed by atoms with Gasteiger partial charge in [-0.15, -0.1) is 0 Å². The Hall–Kier alpha value is -4.26. The Bertz CT molecular complexity index is 1340. The van der Waals surface area contributed by atoms with Crippen LogP contribution >= 0.6 is 0 Å². The summed E-state index contributed by atoms with van der Waals surface area (Å²) in [6, 6.07) is 22.9. The lowest BCUT2D eigenvalue weighted by Gasteiger charge is -2.15. The van der Waals surface area contributed by atoms with Crippen molar-refractivity contribution in [3.05, 3.63) is 79.1 Å². The lowest BCUT2D eigenvalue weighted by atomic mass is 10.0. The minimum atomic E-state index is -0.794. The van der Waals surface area contributed by atoms with Crippen molar-refractivity contribution in [3.8, 4) is 45.4 Å². The summed E-state index contributed by atoms with van der Waals surface area (Å²) in [5, 5.41) is 10.7. The van der Waals surface area contributed by atoms with Gasteiger partial charge in [-0.3, -0.25) is 0 Å². The summed E-state index contributed by atoms with van der Waals surface area (Å²) in [5.74, 6) is 0.707. The average molecular weight is 526 g/mol. The fourth-order valence-electron chi connectivity index (χ4n) is 4.21. The lowest BCUT2D eigenvalue weighted by Crippen LogP contribution is -2.26. The highest BCUT2D eigenvalue weighted by Gasteiger charge is 2.18.